The molecule has 1 atom stereocenters. The molecule has 0 radical (unpaired) electrons. The highest BCUT2D eigenvalue weighted by Crippen LogP contribution is 2.27. The predicted molar refractivity (Wildman–Crippen MR) is 255 cm³/mol. The molecular formula is C45H56Br2N8O4Si2. The van der Waals surface area contributed by atoms with Crippen molar-refractivity contribution >= 4 is 81.4 Å². The van der Waals surface area contributed by atoms with E-state index in [1.165, 1.54) is 5.56 Å². The van der Waals surface area contributed by atoms with Gasteiger partial charge in [-0.15, -0.1) is 0 Å². The normalized spacial score (nSPS) is 12.5. The van der Waals surface area contributed by atoms with Gasteiger partial charge in [-0.3, -0.25) is 19.4 Å². The van der Waals surface area contributed by atoms with Crippen molar-refractivity contribution < 1.29 is 19.1 Å². The highest BCUT2D eigenvalue weighted by atomic mass is 79.9. The second kappa shape index (κ2) is 20.7. The van der Waals surface area contributed by atoms with Crippen molar-refractivity contribution in [2.24, 2.45) is 0 Å². The van der Waals surface area contributed by atoms with E-state index in [1.807, 2.05) is 65.5 Å². The monoisotopic (exact) mass is 986 g/mol. The Morgan fingerprint density at radius 3 is 1.72 bits per heavy atom. The lowest BCUT2D eigenvalue weighted by atomic mass is 10.0. The zero-order valence-corrected chi connectivity index (χ0v) is 41.3. The number of nitrogens with one attached hydrogen (secondary N) is 1. The van der Waals surface area contributed by atoms with Gasteiger partial charge in [0, 0.05) is 74.3 Å². The van der Waals surface area contributed by atoms with E-state index in [0.29, 0.717) is 38.1 Å². The van der Waals surface area contributed by atoms with Crippen molar-refractivity contribution in [2.45, 2.75) is 97.1 Å². The molecule has 12 nitrogen and oxygen atoms in total. The van der Waals surface area contributed by atoms with Crippen LogP contribution in [-0.4, -0.2) is 80.5 Å². The third-order valence-corrected chi connectivity index (χ3v) is 14.6. The molecule has 0 aliphatic rings. The van der Waals surface area contributed by atoms with E-state index >= 15 is 0 Å². The summed E-state index contributed by atoms with van der Waals surface area (Å²) in [6.45, 7) is 18.2. The van der Waals surface area contributed by atoms with E-state index in [-0.39, 0.29) is 30.4 Å². The molecule has 7 rings (SSSR count). The van der Waals surface area contributed by atoms with Crippen LogP contribution in [0.2, 0.25) is 51.4 Å². The maximum Gasteiger partial charge on any atom is 0.188 e. The summed E-state index contributed by atoms with van der Waals surface area (Å²) in [6.07, 6.45) is 8.60. The lowest BCUT2D eigenvalue weighted by Crippen LogP contribution is -2.22. The van der Waals surface area contributed by atoms with Crippen LogP contribution in [0.15, 0.2) is 100 Å². The van der Waals surface area contributed by atoms with Crippen LogP contribution in [0.5, 0.6) is 0 Å². The summed E-state index contributed by atoms with van der Waals surface area (Å²) in [6, 6.07) is 24.4. The molecule has 322 valence electrons. The van der Waals surface area contributed by atoms with Crippen molar-refractivity contribution in [1.82, 2.24) is 39.5 Å². The van der Waals surface area contributed by atoms with E-state index in [4.69, 9.17) is 9.47 Å². The van der Waals surface area contributed by atoms with Crippen LogP contribution in [0, 0.1) is 0 Å². The van der Waals surface area contributed by atoms with Crippen molar-refractivity contribution in [3.8, 4) is 0 Å². The van der Waals surface area contributed by atoms with Gasteiger partial charge in [0.15, 0.2) is 11.6 Å². The number of carbonyl (C=O) groups excluding carboxylic acids is 2. The van der Waals surface area contributed by atoms with Gasteiger partial charge in [-0.05, 0) is 71.6 Å². The summed E-state index contributed by atoms with van der Waals surface area (Å²) in [7, 11) is -2.30. The minimum atomic E-state index is -1.17. The van der Waals surface area contributed by atoms with Gasteiger partial charge >= 0.3 is 0 Å². The first-order valence-electron chi connectivity index (χ1n) is 20.7. The van der Waals surface area contributed by atoms with Gasteiger partial charge in [-0.1, -0.05) is 108 Å². The lowest BCUT2D eigenvalue weighted by molar-refractivity contribution is 0.0805. The molecule has 0 saturated carbocycles. The predicted octanol–water partition coefficient (Wildman–Crippen LogP) is 11.0. The lowest BCUT2D eigenvalue weighted by Gasteiger charge is -2.15. The number of aromatic amines is 1. The molecule has 0 amide bonds. The quantitative estimate of drug-likeness (QED) is 0.0481. The summed E-state index contributed by atoms with van der Waals surface area (Å²) in [4.78, 5) is 26.1. The van der Waals surface area contributed by atoms with Crippen LogP contribution >= 0.6 is 31.9 Å². The first-order valence-corrected chi connectivity index (χ1v) is 29.7. The minimum absolute atomic E-state index is 0.0227. The van der Waals surface area contributed by atoms with Crippen LogP contribution in [0.25, 0.3) is 21.8 Å². The van der Waals surface area contributed by atoms with Crippen LogP contribution in [-0.2, 0) is 35.8 Å². The maximum atomic E-state index is 13.3. The molecule has 16 heteroatoms. The Kier molecular flexibility index (Phi) is 15.7. The van der Waals surface area contributed by atoms with Gasteiger partial charge in [0.1, 0.15) is 24.8 Å². The number of fused-ring (bicyclic) bond motifs is 2. The second-order valence-corrected chi connectivity index (χ2v) is 30.8. The fourth-order valence-corrected chi connectivity index (χ4v) is 8.98. The van der Waals surface area contributed by atoms with Crippen molar-refractivity contribution in [2.75, 3.05) is 13.2 Å². The number of ketones is 2. The van der Waals surface area contributed by atoms with Crippen LogP contribution in [0.3, 0.4) is 0 Å². The van der Waals surface area contributed by atoms with Crippen LogP contribution in [0.1, 0.15) is 57.1 Å². The third-order valence-electron chi connectivity index (χ3n) is 10.2. The SMILES string of the molecule is CC[C@@H](c1ccccc1)n1cc(CC(=O)c2nn(COCC[Si](C)(C)C)c3cc(Br)ccc23)cn1.C[Si](C)(C)CCOCn1nc(C(=O)Cc2cn[nH]c2)c2ccc(Br)cc21. The average molecular weight is 989 g/mol. The summed E-state index contributed by atoms with van der Waals surface area (Å²) < 4.78 is 19.2. The smallest absolute Gasteiger partial charge is 0.188 e. The highest BCUT2D eigenvalue weighted by molar-refractivity contribution is 9.10. The largest absolute Gasteiger partial charge is 0.360 e. The van der Waals surface area contributed by atoms with Gasteiger partial charge < -0.3 is 9.47 Å². The number of aromatic nitrogens is 8. The fourth-order valence-electron chi connectivity index (χ4n) is 6.76. The Morgan fingerprint density at radius 2 is 1.25 bits per heavy atom. The molecule has 0 aliphatic heterocycles. The van der Waals surface area contributed by atoms with Crippen molar-refractivity contribution in [3.05, 3.63) is 129 Å². The second-order valence-electron chi connectivity index (χ2n) is 17.7. The molecule has 1 N–H and O–H groups in total. The van der Waals surface area contributed by atoms with E-state index in [1.54, 1.807) is 28.0 Å². The van der Waals surface area contributed by atoms with Crippen LogP contribution in [0.4, 0.5) is 0 Å². The Hall–Kier alpha value is -4.33. The molecule has 0 fully saturated rings. The average Bonchev–Trinajstić information content (AvgIpc) is 4.03. The van der Waals surface area contributed by atoms with Crippen molar-refractivity contribution in [3.63, 3.8) is 0 Å². The zero-order valence-electron chi connectivity index (χ0n) is 36.1. The zero-order chi connectivity index (χ0) is 43.7. The Bertz CT molecular complexity index is 2540. The number of ether oxygens (including phenoxy) is 2. The number of carbonyl (C=O) groups is 2. The number of rotatable bonds is 19. The molecule has 0 spiro atoms. The first-order chi connectivity index (χ1) is 29.1. The number of benzene rings is 3. The summed E-state index contributed by atoms with van der Waals surface area (Å²) in [5.74, 6) is -0.0509. The number of hydrogen-bond donors (Lipinski definition) is 1. The minimum Gasteiger partial charge on any atom is -0.360 e. The van der Waals surface area contributed by atoms with E-state index in [2.05, 4.69) is 116 Å². The number of nitrogens with zero attached hydrogens (tertiary/aromatic N) is 7. The Labute approximate surface area is 376 Å². The number of hydrogen-bond acceptors (Lipinski definition) is 8. The molecular weight excluding hydrogens is 933 g/mol. The summed E-state index contributed by atoms with van der Waals surface area (Å²) in [5.41, 5.74) is 5.67. The standard InChI is InChI=1S/C27H33BrN4O2Si.C18H23BrN4O2Si/c1-5-24(21-9-7-6-8-10-21)31-18-20(17-29-31)15-26(33)27-23-12-11-22(28)16-25(23)32(30-27)19-34-13-14-35(2,3)4;1-26(2,3)7-6-25-12-23-16-9-14(19)4-5-15(16)18(22-23)17(24)8-13-10-20-21-11-13/h6-12,16-18,24H,5,13-15,19H2,1-4H3;4-5,9-11H,6-8,12H2,1-3H3,(H,20,21)/t24-;/m0./s1. The topological polar surface area (TPSA) is 135 Å². The fraction of sp³-hybridized carbons (Fsp3) is 0.378. The molecule has 7 aromatic rings. The van der Waals surface area contributed by atoms with Crippen molar-refractivity contribution in [1.29, 1.82) is 0 Å². The summed E-state index contributed by atoms with van der Waals surface area (Å²) in [5, 5.41) is 22.1. The molecule has 4 heterocycles. The van der Waals surface area contributed by atoms with Gasteiger partial charge in [0.25, 0.3) is 0 Å². The summed E-state index contributed by atoms with van der Waals surface area (Å²) >= 11 is 7.04. The third kappa shape index (κ3) is 12.9. The Morgan fingerprint density at radius 1 is 0.721 bits per heavy atom. The molecule has 0 aliphatic carbocycles. The Balaban J connectivity index is 0.000000213. The van der Waals surface area contributed by atoms with Gasteiger partial charge in [-0.2, -0.15) is 20.4 Å². The van der Waals surface area contributed by atoms with Crippen LogP contribution < -0.4 is 0 Å². The molecule has 4 aromatic heterocycles. The highest BCUT2D eigenvalue weighted by Gasteiger charge is 2.22. The first kappa shape index (κ1) is 46.2. The van der Waals surface area contributed by atoms with Gasteiger partial charge in [0.2, 0.25) is 0 Å². The van der Waals surface area contributed by atoms with Gasteiger partial charge in [0.05, 0.1) is 29.5 Å². The maximum absolute atomic E-state index is 13.3. The number of Topliss-reactive ketones (excluding diaryl/α,β-unsaturated/α-hetero) is 2. The molecule has 0 saturated heterocycles. The molecule has 0 unspecified atom stereocenters. The van der Waals surface area contributed by atoms with Gasteiger partial charge in [-0.25, -0.2) is 9.36 Å². The number of halogens is 2. The molecule has 0 bridgehead atoms. The molecule has 61 heavy (non-hydrogen) atoms. The number of H-pyrrole nitrogens is 1. The van der Waals surface area contributed by atoms with E-state index < -0.39 is 16.1 Å². The molecule has 3 aromatic carbocycles. The van der Waals surface area contributed by atoms with E-state index in [9.17, 15) is 9.59 Å². The van der Waals surface area contributed by atoms with E-state index in [0.717, 1.165) is 60.4 Å².